The molecule has 0 saturated carbocycles. The summed E-state index contributed by atoms with van der Waals surface area (Å²) in [5.74, 6) is -0.904. The number of hydrogen-bond donors (Lipinski definition) is 0. The third kappa shape index (κ3) is 3.13. The molecule has 0 N–H and O–H groups in total. The number of benzene rings is 2. The molecule has 2 atom stereocenters. The maximum absolute atomic E-state index is 12.8. The van der Waals surface area contributed by atoms with Crippen LogP contribution in [0.3, 0.4) is 0 Å². The Bertz CT molecular complexity index is 990. The van der Waals surface area contributed by atoms with Crippen molar-refractivity contribution in [1.82, 2.24) is 0 Å². The van der Waals surface area contributed by atoms with Crippen LogP contribution in [0.4, 0.5) is 5.69 Å². The van der Waals surface area contributed by atoms with Gasteiger partial charge in [-0.15, -0.1) is 0 Å². The topological polar surface area (TPSA) is 63.7 Å². The Morgan fingerprint density at radius 2 is 1.64 bits per heavy atom. The molecule has 5 nitrogen and oxygen atoms in total. The van der Waals surface area contributed by atoms with Crippen LogP contribution in [0.5, 0.6) is 5.75 Å². The van der Waals surface area contributed by atoms with Crippen molar-refractivity contribution in [1.29, 1.82) is 0 Å². The summed E-state index contributed by atoms with van der Waals surface area (Å²) >= 11 is 0. The van der Waals surface area contributed by atoms with E-state index in [1.807, 2.05) is 32.1 Å². The quantitative estimate of drug-likeness (QED) is 0.351. The Morgan fingerprint density at radius 1 is 0.964 bits per heavy atom. The molecule has 2 amide bonds. The number of nitrogens with zero attached hydrogens (tertiary/aromatic N) is 1. The average Bonchev–Trinajstić information content (AvgIpc) is 2.93. The van der Waals surface area contributed by atoms with Crippen LogP contribution in [0, 0.1) is 18.8 Å². The number of ether oxygens (including phenoxy) is 1. The zero-order chi connectivity index (χ0) is 19.8. The van der Waals surface area contributed by atoms with Crippen molar-refractivity contribution in [2.75, 3.05) is 4.90 Å². The summed E-state index contributed by atoms with van der Waals surface area (Å²) < 4.78 is 5.43. The molecule has 0 aromatic heterocycles. The van der Waals surface area contributed by atoms with Gasteiger partial charge in [0.1, 0.15) is 5.75 Å². The minimum Gasteiger partial charge on any atom is -0.423 e. The first-order chi connectivity index (χ1) is 13.5. The maximum atomic E-state index is 12.8. The molecule has 142 valence electrons. The van der Waals surface area contributed by atoms with Gasteiger partial charge in [0.25, 0.3) is 0 Å². The second-order valence-corrected chi connectivity index (χ2v) is 7.41. The first-order valence-corrected chi connectivity index (χ1v) is 9.37. The normalized spacial score (nSPS) is 21.4. The lowest BCUT2D eigenvalue weighted by atomic mass is 9.82. The molecular weight excluding hydrogens is 354 g/mol. The number of carbonyl (C=O) groups is 3. The molecule has 0 radical (unpaired) electrons. The highest BCUT2D eigenvalue weighted by atomic mass is 16.5. The Morgan fingerprint density at radius 3 is 2.36 bits per heavy atom. The molecule has 5 heteroatoms. The number of hydrogen-bond acceptors (Lipinski definition) is 4. The van der Waals surface area contributed by atoms with E-state index in [0.717, 1.165) is 11.1 Å². The fraction of sp³-hybridized carbons (Fsp3) is 0.261. The second kappa shape index (κ2) is 7.08. The summed E-state index contributed by atoms with van der Waals surface area (Å²) in [4.78, 5) is 39.1. The summed E-state index contributed by atoms with van der Waals surface area (Å²) in [5, 5.41) is 0. The van der Waals surface area contributed by atoms with Gasteiger partial charge < -0.3 is 4.74 Å². The molecule has 4 rings (SSSR count). The van der Waals surface area contributed by atoms with Gasteiger partial charge in [-0.2, -0.15) is 0 Å². The fourth-order valence-electron chi connectivity index (χ4n) is 3.92. The lowest BCUT2D eigenvalue weighted by Crippen LogP contribution is -2.30. The van der Waals surface area contributed by atoms with Crippen molar-refractivity contribution in [3.63, 3.8) is 0 Å². The number of esters is 1. The largest absolute Gasteiger partial charge is 0.423 e. The fourth-order valence-corrected chi connectivity index (χ4v) is 3.92. The predicted molar refractivity (Wildman–Crippen MR) is 105 cm³/mol. The van der Waals surface area contributed by atoms with Crippen LogP contribution in [0.15, 0.2) is 60.2 Å². The summed E-state index contributed by atoms with van der Waals surface area (Å²) in [6.07, 6.45) is 3.30. The van der Waals surface area contributed by atoms with Crippen molar-refractivity contribution in [3.05, 3.63) is 71.3 Å². The Labute approximate surface area is 163 Å². The zero-order valence-electron chi connectivity index (χ0n) is 15.8. The number of amides is 2. The lowest BCUT2D eigenvalue weighted by Gasteiger charge is -2.18. The number of imide groups is 1. The van der Waals surface area contributed by atoms with E-state index in [-0.39, 0.29) is 23.7 Å². The van der Waals surface area contributed by atoms with Gasteiger partial charge in [-0.25, -0.2) is 4.79 Å². The van der Waals surface area contributed by atoms with E-state index in [4.69, 9.17) is 4.74 Å². The van der Waals surface area contributed by atoms with Crippen LogP contribution in [-0.2, 0) is 9.59 Å². The molecule has 0 spiro atoms. The van der Waals surface area contributed by atoms with Gasteiger partial charge in [0.15, 0.2) is 0 Å². The molecule has 1 heterocycles. The summed E-state index contributed by atoms with van der Waals surface area (Å²) in [6, 6.07) is 13.7. The maximum Gasteiger partial charge on any atom is 0.343 e. The molecule has 0 unspecified atom stereocenters. The predicted octanol–water partition coefficient (Wildman–Crippen LogP) is 4.06. The Balaban J connectivity index is 1.51. The Kier molecular flexibility index (Phi) is 4.59. The molecule has 0 bridgehead atoms. The molecule has 2 aromatic carbocycles. The first kappa shape index (κ1) is 18.2. The van der Waals surface area contributed by atoms with E-state index in [0.29, 0.717) is 29.8 Å². The van der Waals surface area contributed by atoms with Gasteiger partial charge in [-0.05, 0) is 62.6 Å². The van der Waals surface area contributed by atoms with E-state index in [9.17, 15) is 14.4 Å². The standard InChI is InChI=1S/C23H21NO4/c1-14-7-12-19-20(13-14)22(26)24(21(19)25)16-8-10-17(11-9-16)28-23(27)18-6-4-3-5-15(18)2/h3-11,19-20H,12-13H2,1-2H3/t19-,20+/m1/s1. The van der Waals surface area contributed by atoms with E-state index in [1.165, 1.54) is 4.90 Å². The number of carbonyl (C=O) groups excluding carboxylic acids is 3. The minimum absolute atomic E-state index is 0.146. The summed E-state index contributed by atoms with van der Waals surface area (Å²) in [7, 11) is 0. The van der Waals surface area contributed by atoms with Crippen molar-refractivity contribution in [3.8, 4) is 5.75 Å². The van der Waals surface area contributed by atoms with E-state index in [1.54, 1.807) is 36.4 Å². The van der Waals surface area contributed by atoms with Crippen LogP contribution in [0.25, 0.3) is 0 Å². The van der Waals surface area contributed by atoms with Crippen molar-refractivity contribution in [2.45, 2.75) is 26.7 Å². The monoisotopic (exact) mass is 375 g/mol. The van der Waals surface area contributed by atoms with Gasteiger partial charge in [-0.3, -0.25) is 14.5 Å². The van der Waals surface area contributed by atoms with Gasteiger partial charge >= 0.3 is 5.97 Å². The van der Waals surface area contributed by atoms with Crippen LogP contribution < -0.4 is 9.64 Å². The Hall–Kier alpha value is -3.21. The first-order valence-electron chi connectivity index (χ1n) is 9.37. The number of allylic oxidation sites excluding steroid dienone is 2. The van der Waals surface area contributed by atoms with Gasteiger partial charge in [0.05, 0.1) is 23.1 Å². The van der Waals surface area contributed by atoms with Crippen LogP contribution in [0.2, 0.25) is 0 Å². The number of fused-ring (bicyclic) bond motifs is 1. The van der Waals surface area contributed by atoms with Gasteiger partial charge in [0.2, 0.25) is 11.8 Å². The third-order valence-electron chi connectivity index (χ3n) is 5.49. The second-order valence-electron chi connectivity index (χ2n) is 7.41. The zero-order valence-corrected chi connectivity index (χ0v) is 15.8. The van der Waals surface area contributed by atoms with Crippen LogP contribution in [0.1, 0.15) is 35.7 Å². The van der Waals surface area contributed by atoms with E-state index < -0.39 is 5.97 Å². The molecule has 1 fully saturated rings. The number of anilines is 1. The SMILES string of the molecule is CC1=CC[C@H]2C(=O)N(c3ccc(OC(=O)c4ccccc4C)cc3)C(=O)[C@H]2C1. The van der Waals surface area contributed by atoms with Crippen molar-refractivity contribution >= 4 is 23.5 Å². The van der Waals surface area contributed by atoms with Gasteiger partial charge in [0, 0.05) is 0 Å². The van der Waals surface area contributed by atoms with Gasteiger partial charge in [-0.1, -0.05) is 29.8 Å². The highest BCUT2D eigenvalue weighted by Crippen LogP contribution is 2.40. The smallest absolute Gasteiger partial charge is 0.343 e. The van der Waals surface area contributed by atoms with Crippen LogP contribution >= 0.6 is 0 Å². The third-order valence-corrected chi connectivity index (χ3v) is 5.49. The van der Waals surface area contributed by atoms with Crippen LogP contribution in [-0.4, -0.2) is 17.8 Å². The lowest BCUT2D eigenvalue weighted by molar-refractivity contribution is -0.122. The minimum atomic E-state index is -0.438. The van der Waals surface area contributed by atoms with E-state index >= 15 is 0 Å². The number of aryl methyl sites for hydroxylation is 1. The molecule has 1 saturated heterocycles. The molecule has 28 heavy (non-hydrogen) atoms. The molecule has 2 aliphatic rings. The molecular formula is C23H21NO4. The highest BCUT2D eigenvalue weighted by Gasteiger charge is 2.48. The van der Waals surface area contributed by atoms with Crippen molar-refractivity contribution < 1.29 is 19.1 Å². The van der Waals surface area contributed by atoms with E-state index in [2.05, 4.69) is 0 Å². The van der Waals surface area contributed by atoms with Crippen molar-refractivity contribution in [2.24, 2.45) is 11.8 Å². The average molecular weight is 375 g/mol. The summed E-state index contributed by atoms with van der Waals surface area (Å²) in [5.41, 5.74) is 3.01. The number of rotatable bonds is 3. The molecule has 1 aliphatic heterocycles. The molecule has 2 aromatic rings. The summed E-state index contributed by atoms with van der Waals surface area (Å²) in [6.45, 7) is 3.84. The highest BCUT2D eigenvalue weighted by molar-refractivity contribution is 6.22. The molecule has 1 aliphatic carbocycles.